The Morgan fingerprint density at radius 3 is 1.69 bits per heavy atom. The van der Waals surface area contributed by atoms with Crippen LogP contribution in [0.3, 0.4) is 0 Å². The number of rotatable bonds is 4. The number of nitrogens with zero attached hydrogens (tertiary/aromatic N) is 4. The first kappa shape index (κ1) is 28.5. The molecular weight excluding hydrogens is 585 g/mol. The van der Waals surface area contributed by atoms with Crippen LogP contribution >= 0.6 is 0 Å². The van der Waals surface area contributed by atoms with Crippen molar-refractivity contribution in [3.63, 3.8) is 0 Å². The molecule has 9 rings (SSSR count). The Hall–Kier alpha value is -5.74. The highest BCUT2D eigenvalue weighted by atomic mass is 15.0. The molecule has 0 saturated carbocycles. The molecule has 5 aromatic carbocycles. The maximum absolute atomic E-state index is 5.25. The summed E-state index contributed by atoms with van der Waals surface area (Å²) in [5, 5.41) is 0. The molecule has 0 aliphatic heterocycles. The van der Waals surface area contributed by atoms with E-state index in [9.17, 15) is 0 Å². The zero-order chi connectivity index (χ0) is 32.6. The standard InChI is InChI=1S/C44H34N4/c1-43(2)34-15-7-5-12-30(34)33-26-29(23-24-36(33)43)41-46-40(28-21-19-27(20-22-28)38-18-9-10-25-45-38)47-42(48-41)32-14-11-17-37-39(32)31-13-6-8-16-35(31)44(37,3)4/h5-26H,1-4H3. The second kappa shape index (κ2) is 10.4. The molecule has 0 radical (unpaired) electrons. The van der Waals surface area contributed by atoms with Gasteiger partial charge in [0.2, 0.25) is 0 Å². The van der Waals surface area contributed by atoms with Crippen LogP contribution in [0.2, 0.25) is 0 Å². The van der Waals surface area contributed by atoms with Crippen LogP contribution in [0.25, 0.3) is 67.7 Å². The highest BCUT2D eigenvalue weighted by molar-refractivity contribution is 5.91. The molecule has 2 aliphatic rings. The number of pyridine rings is 1. The highest BCUT2D eigenvalue weighted by Gasteiger charge is 2.38. The molecule has 48 heavy (non-hydrogen) atoms. The van der Waals surface area contributed by atoms with Crippen LogP contribution in [0.4, 0.5) is 0 Å². The lowest BCUT2D eigenvalue weighted by Crippen LogP contribution is -2.14. The molecule has 0 bridgehead atoms. The van der Waals surface area contributed by atoms with Gasteiger partial charge in [-0.05, 0) is 62.7 Å². The number of benzene rings is 5. The molecule has 2 aliphatic carbocycles. The van der Waals surface area contributed by atoms with Crippen LogP contribution in [-0.2, 0) is 10.8 Å². The van der Waals surface area contributed by atoms with Crippen LogP contribution < -0.4 is 0 Å². The minimum atomic E-state index is -0.123. The lowest BCUT2D eigenvalue weighted by Gasteiger charge is -2.21. The summed E-state index contributed by atoms with van der Waals surface area (Å²) in [5.41, 5.74) is 15.0. The van der Waals surface area contributed by atoms with Gasteiger partial charge in [-0.15, -0.1) is 0 Å². The van der Waals surface area contributed by atoms with Crippen LogP contribution in [0, 0.1) is 0 Å². The molecule has 0 unspecified atom stereocenters. The fraction of sp³-hybridized carbons (Fsp3) is 0.136. The van der Waals surface area contributed by atoms with Gasteiger partial charge in [0.15, 0.2) is 17.5 Å². The molecule has 0 N–H and O–H groups in total. The Bertz CT molecular complexity index is 2390. The predicted octanol–water partition coefficient (Wildman–Crippen LogP) is 10.5. The summed E-state index contributed by atoms with van der Waals surface area (Å²) >= 11 is 0. The van der Waals surface area contributed by atoms with Crippen molar-refractivity contribution in [1.82, 2.24) is 19.9 Å². The van der Waals surface area contributed by atoms with Gasteiger partial charge in [0.25, 0.3) is 0 Å². The van der Waals surface area contributed by atoms with Gasteiger partial charge in [0.05, 0.1) is 5.69 Å². The fourth-order valence-electron chi connectivity index (χ4n) is 7.88. The summed E-state index contributed by atoms with van der Waals surface area (Å²) in [6, 6.07) is 45.0. The SMILES string of the molecule is CC1(C)c2ccccc2-c2cc(-c3nc(-c4ccc(-c5ccccn5)cc4)nc(-c4cccc5c4-c4ccccc4C5(C)C)n3)ccc21. The lowest BCUT2D eigenvalue weighted by molar-refractivity contribution is 0.660. The van der Waals surface area contributed by atoms with Gasteiger partial charge in [-0.2, -0.15) is 0 Å². The minimum absolute atomic E-state index is 0.0694. The van der Waals surface area contributed by atoms with Crippen LogP contribution in [-0.4, -0.2) is 19.9 Å². The summed E-state index contributed by atoms with van der Waals surface area (Å²) in [6.07, 6.45) is 1.82. The summed E-state index contributed by atoms with van der Waals surface area (Å²) in [5.74, 6) is 1.98. The van der Waals surface area contributed by atoms with Crippen LogP contribution in [0.5, 0.6) is 0 Å². The fourth-order valence-corrected chi connectivity index (χ4v) is 7.88. The van der Waals surface area contributed by atoms with Gasteiger partial charge in [0.1, 0.15) is 0 Å². The maximum atomic E-state index is 5.25. The quantitative estimate of drug-likeness (QED) is 0.197. The zero-order valence-electron chi connectivity index (χ0n) is 27.5. The van der Waals surface area contributed by atoms with Gasteiger partial charge >= 0.3 is 0 Å². The summed E-state index contributed by atoms with van der Waals surface area (Å²) in [4.78, 5) is 20.1. The van der Waals surface area contributed by atoms with Crippen molar-refractivity contribution in [2.45, 2.75) is 38.5 Å². The van der Waals surface area contributed by atoms with Crippen molar-refractivity contribution in [3.8, 4) is 67.7 Å². The third-order valence-electron chi connectivity index (χ3n) is 10.4. The molecule has 4 heteroatoms. The number of fused-ring (bicyclic) bond motifs is 6. The van der Waals surface area contributed by atoms with E-state index in [0.29, 0.717) is 17.5 Å². The highest BCUT2D eigenvalue weighted by Crippen LogP contribution is 2.52. The second-order valence-corrected chi connectivity index (χ2v) is 13.9. The first-order valence-corrected chi connectivity index (χ1v) is 16.6. The minimum Gasteiger partial charge on any atom is -0.256 e. The third kappa shape index (κ3) is 4.22. The summed E-state index contributed by atoms with van der Waals surface area (Å²) in [7, 11) is 0. The smallest absolute Gasteiger partial charge is 0.164 e. The van der Waals surface area contributed by atoms with E-state index in [-0.39, 0.29) is 10.8 Å². The average molecular weight is 619 g/mol. The molecule has 4 nitrogen and oxygen atoms in total. The summed E-state index contributed by atoms with van der Waals surface area (Å²) < 4.78 is 0. The third-order valence-corrected chi connectivity index (χ3v) is 10.4. The maximum Gasteiger partial charge on any atom is 0.164 e. The topological polar surface area (TPSA) is 51.6 Å². The average Bonchev–Trinajstić information content (AvgIpc) is 3.51. The van der Waals surface area contributed by atoms with E-state index >= 15 is 0 Å². The van der Waals surface area contributed by atoms with Crippen molar-refractivity contribution in [3.05, 3.63) is 156 Å². The molecule has 0 spiro atoms. The molecule has 7 aromatic rings. The molecule has 0 amide bonds. The normalized spacial score (nSPS) is 14.6. The van der Waals surface area contributed by atoms with E-state index in [1.807, 2.05) is 24.4 Å². The van der Waals surface area contributed by atoms with Crippen LogP contribution in [0.1, 0.15) is 49.9 Å². The van der Waals surface area contributed by atoms with E-state index in [2.05, 4.69) is 142 Å². The largest absolute Gasteiger partial charge is 0.256 e. The lowest BCUT2D eigenvalue weighted by atomic mass is 9.82. The van der Waals surface area contributed by atoms with Gasteiger partial charge < -0.3 is 0 Å². The Labute approximate surface area is 281 Å². The number of hydrogen-bond donors (Lipinski definition) is 0. The van der Waals surface area contributed by atoms with E-state index in [1.165, 1.54) is 44.5 Å². The molecule has 2 heterocycles. The number of hydrogen-bond acceptors (Lipinski definition) is 4. The zero-order valence-corrected chi connectivity index (χ0v) is 27.5. The van der Waals surface area contributed by atoms with Crippen molar-refractivity contribution in [2.75, 3.05) is 0 Å². The van der Waals surface area contributed by atoms with Gasteiger partial charge in [-0.3, -0.25) is 4.98 Å². The Morgan fingerprint density at radius 2 is 0.938 bits per heavy atom. The monoisotopic (exact) mass is 618 g/mol. The van der Waals surface area contributed by atoms with E-state index in [0.717, 1.165) is 27.9 Å². The summed E-state index contributed by atoms with van der Waals surface area (Å²) in [6.45, 7) is 9.22. The first-order valence-electron chi connectivity index (χ1n) is 16.6. The second-order valence-electron chi connectivity index (χ2n) is 13.9. The Morgan fingerprint density at radius 1 is 0.396 bits per heavy atom. The Balaban J connectivity index is 1.25. The van der Waals surface area contributed by atoms with Gasteiger partial charge in [-0.1, -0.05) is 137 Å². The van der Waals surface area contributed by atoms with Crippen LogP contribution in [0.15, 0.2) is 134 Å². The molecule has 230 valence electrons. The van der Waals surface area contributed by atoms with Crippen molar-refractivity contribution < 1.29 is 0 Å². The van der Waals surface area contributed by atoms with E-state index in [4.69, 9.17) is 15.0 Å². The molecule has 0 fully saturated rings. The van der Waals surface area contributed by atoms with Crippen molar-refractivity contribution >= 4 is 0 Å². The van der Waals surface area contributed by atoms with Crippen molar-refractivity contribution in [2.24, 2.45) is 0 Å². The molecular formula is C44H34N4. The Kier molecular flexibility index (Phi) is 6.16. The number of aromatic nitrogens is 4. The first-order chi connectivity index (χ1) is 23.3. The van der Waals surface area contributed by atoms with E-state index in [1.54, 1.807) is 0 Å². The molecule has 2 aromatic heterocycles. The molecule has 0 atom stereocenters. The van der Waals surface area contributed by atoms with Gasteiger partial charge in [-0.25, -0.2) is 15.0 Å². The van der Waals surface area contributed by atoms with E-state index < -0.39 is 0 Å². The van der Waals surface area contributed by atoms with Gasteiger partial charge in [0, 0.05) is 39.3 Å². The molecule has 0 saturated heterocycles. The predicted molar refractivity (Wildman–Crippen MR) is 194 cm³/mol. The van der Waals surface area contributed by atoms with Crippen molar-refractivity contribution in [1.29, 1.82) is 0 Å².